The highest BCUT2D eigenvalue weighted by molar-refractivity contribution is 6.36. The number of fused-ring (bicyclic) bond motifs is 4. The van der Waals surface area contributed by atoms with Crippen LogP contribution in [-0.4, -0.2) is 53.0 Å². The van der Waals surface area contributed by atoms with Gasteiger partial charge >= 0.3 is 0 Å². The first kappa shape index (κ1) is 52.3. The van der Waals surface area contributed by atoms with Crippen molar-refractivity contribution in [1.29, 1.82) is 0 Å². The first-order valence-electron chi connectivity index (χ1n) is 27.9. The smallest absolute Gasteiger partial charge is 0.266 e. The van der Waals surface area contributed by atoms with Gasteiger partial charge in [0.05, 0.1) is 67.7 Å². The Balaban J connectivity index is 0.681. The average Bonchev–Trinajstić information content (AvgIpc) is 4.25. The van der Waals surface area contributed by atoms with Gasteiger partial charge < -0.3 is 0 Å². The molecular formula is C67H62N4O9. The zero-order valence-electron chi connectivity index (χ0n) is 46.1. The summed E-state index contributed by atoms with van der Waals surface area (Å²) in [5, 5.41) is 0. The second kappa shape index (κ2) is 18.9. The minimum Gasteiger partial charge on any atom is -0.289 e. The number of nitrogens with zero attached hydrogens (tertiary/aromatic N) is 4. The van der Waals surface area contributed by atoms with E-state index in [1.807, 2.05) is 86.6 Å². The lowest BCUT2D eigenvalue weighted by molar-refractivity contribution is -0.136. The molecule has 13 nitrogen and oxygen atoms in total. The molecule has 6 aromatic carbocycles. The summed E-state index contributed by atoms with van der Waals surface area (Å²) in [4.78, 5) is 129. The predicted molar refractivity (Wildman–Crippen MR) is 302 cm³/mol. The number of ketones is 1. The number of hydrogen-bond donors (Lipinski definition) is 0. The first-order chi connectivity index (χ1) is 38.1. The van der Waals surface area contributed by atoms with Gasteiger partial charge in [0.25, 0.3) is 23.6 Å². The molecule has 0 radical (unpaired) electrons. The standard InChI is InChI=1S/C67H62N4O9/c1-35-29-55-62(77)70(64(79)66(55,7)39(5)37(35)3)49-23-13-43(14-24-49)31-41-9-19-47(20-10-41)68-58(73)51-27-17-45(33-53(51)60(68)75)57(72)46-18-28-52-54(34-46)61(76)69(59(52)74)48-21-11-42(12-22-48)32-44-15-25-50(26-16-44)71-63(78)56-30-36(2)38(4)40(6)67(56,8)65(71)80/h9-28,33-40,55-56H,29-32H2,1-8H3/t35?,36?,37?,38?,39-,40+,55?,56?,66+,67-. The SMILES string of the molecule is CC1CC2C(=O)N(c3ccc(Cc4ccc(N5C(=O)c6ccc(C(=O)c7ccc8c(c7)C(=O)N(c7ccc(Cc9ccc(N%10C(=O)C%11CC(C)C(C)[C@H](C)[C@@]%11(C)C%10=O)cc9)cc7)C8=O)cc6C5=O)cc4)cc3)C(=O)[C@@]2(C)[C@H](C)C1C. The highest BCUT2D eigenvalue weighted by Gasteiger charge is 2.64. The topological polar surface area (TPSA) is 167 Å². The van der Waals surface area contributed by atoms with Crippen LogP contribution in [0, 0.1) is 58.2 Å². The maximum atomic E-state index is 14.0. The van der Waals surface area contributed by atoms with Crippen LogP contribution in [0.15, 0.2) is 133 Å². The van der Waals surface area contributed by atoms with Crippen LogP contribution in [0.2, 0.25) is 0 Å². The molecule has 2 aliphatic carbocycles. The van der Waals surface area contributed by atoms with Crippen LogP contribution in [-0.2, 0) is 32.0 Å². The molecular weight excluding hydrogens is 1000 g/mol. The molecule has 13 heteroatoms. The zero-order valence-corrected chi connectivity index (χ0v) is 46.1. The third-order valence-corrected chi connectivity index (χ3v) is 20.2. The minimum absolute atomic E-state index is 0.0617. The van der Waals surface area contributed by atoms with Crippen molar-refractivity contribution in [1.82, 2.24) is 0 Å². The Kier molecular flexibility index (Phi) is 12.3. The monoisotopic (exact) mass is 1070 g/mol. The van der Waals surface area contributed by atoms with Crippen molar-refractivity contribution in [3.05, 3.63) is 189 Å². The predicted octanol–water partition coefficient (Wildman–Crippen LogP) is 11.3. The molecule has 6 aromatic rings. The Bertz CT molecular complexity index is 3460. The molecule has 0 N–H and O–H groups in total. The highest BCUT2D eigenvalue weighted by atomic mass is 16.2. The molecule has 6 unspecified atom stereocenters. The van der Waals surface area contributed by atoms with Crippen LogP contribution >= 0.6 is 0 Å². The molecule has 4 heterocycles. The molecule has 4 aliphatic heterocycles. The second-order valence-corrected chi connectivity index (χ2v) is 24.1. The first-order valence-corrected chi connectivity index (χ1v) is 27.9. The number of hydrogen-bond acceptors (Lipinski definition) is 9. The molecule has 4 fully saturated rings. The Morgan fingerprint density at radius 3 is 1.00 bits per heavy atom. The van der Waals surface area contributed by atoms with Gasteiger partial charge in [-0.3, -0.25) is 43.2 Å². The average molecular weight is 1070 g/mol. The van der Waals surface area contributed by atoms with Gasteiger partial charge in [0.2, 0.25) is 23.6 Å². The molecule has 6 aliphatic rings. The summed E-state index contributed by atoms with van der Waals surface area (Å²) in [6.45, 7) is 16.7. The van der Waals surface area contributed by atoms with Crippen LogP contribution in [0.1, 0.15) is 148 Å². The summed E-state index contributed by atoms with van der Waals surface area (Å²) < 4.78 is 0. The van der Waals surface area contributed by atoms with E-state index in [0.717, 1.165) is 32.1 Å². The van der Waals surface area contributed by atoms with Crippen molar-refractivity contribution in [2.45, 2.75) is 81.1 Å². The van der Waals surface area contributed by atoms with Crippen molar-refractivity contribution in [3.63, 3.8) is 0 Å². The lowest BCUT2D eigenvalue weighted by Crippen LogP contribution is -2.47. The molecule has 10 atom stereocenters. The Labute approximate surface area is 464 Å². The molecule has 0 aromatic heterocycles. The third kappa shape index (κ3) is 7.74. The van der Waals surface area contributed by atoms with E-state index in [1.165, 1.54) is 46.2 Å². The van der Waals surface area contributed by atoms with Crippen LogP contribution < -0.4 is 19.6 Å². The number of carbonyl (C=O) groups is 9. The Morgan fingerprint density at radius 1 is 0.400 bits per heavy atom. The van der Waals surface area contributed by atoms with E-state index in [1.54, 1.807) is 24.3 Å². The minimum atomic E-state index is -0.736. The quantitative estimate of drug-likeness (QED) is 0.0958. The van der Waals surface area contributed by atoms with E-state index >= 15 is 0 Å². The summed E-state index contributed by atoms with van der Waals surface area (Å²) in [7, 11) is 0. The molecule has 2 saturated carbocycles. The summed E-state index contributed by atoms with van der Waals surface area (Å²) in [6, 6.07) is 37.6. The van der Waals surface area contributed by atoms with E-state index in [9.17, 15) is 43.2 Å². The molecule has 2 saturated heterocycles. The highest BCUT2D eigenvalue weighted by Crippen LogP contribution is 2.57. The third-order valence-electron chi connectivity index (χ3n) is 20.2. The van der Waals surface area contributed by atoms with Crippen molar-refractivity contribution < 1.29 is 43.2 Å². The molecule has 404 valence electrons. The van der Waals surface area contributed by atoms with E-state index in [-0.39, 0.29) is 80.7 Å². The summed E-state index contributed by atoms with van der Waals surface area (Å²) >= 11 is 0. The number of rotatable bonds is 10. The van der Waals surface area contributed by atoms with E-state index in [0.29, 0.717) is 72.1 Å². The van der Waals surface area contributed by atoms with Gasteiger partial charge in [-0.15, -0.1) is 0 Å². The van der Waals surface area contributed by atoms with Gasteiger partial charge in [-0.05, 0) is 170 Å². The summed E-state index contributed by atoms with van der Waals surface area (Å²) in [5.41, 5.74) is 4.73. The van der Waals surface area contributed by atoms with Crippen molar-refractivity contribution in [3.8, 4) is 0 Å². The van der Waals surface area contributed by atoms with Crippen molar-refractivity contribution in [2.24, 2.45) is 58.2 Å². The molecule has 0 bridgehead atoms. The van der Waals surface area contributed by atoms with Gasteiger partial charge in [-0.25, -0.2) is 19.6 Å². The van der Waals surface area contributed by atoms with Gasteiger partial charge in [-0.2, -0.15) is 0 Å². The number of imide groups is 4. The van der Waals surface area contributed by atoms with E-state index in [4.69, 9.17) is 0 Å². The normalized spacial score (nSPS) is 28.0. The van der Waals surface area contributed by atoms with Crippen LogP contribution in [0.25, 0.3) is 0 Å². The molecule has 12 rings (SSSR count). The summed E-state index contributed by atoms with van der Waals surface area (Å²) in [5.74, 6) is -2.47. The number of carbonyl (C=O) groups excluding carboxylic acids is 9. The number of anilines is 4. The van der Waals surface area contributed by atoms with Crippen molar-refractivity contribution >= 4 is 75.8 Å². The lowest BCUT2D eigenvalue weighted by atomic mass is 9.56. The van der Waals surface area contributed by atoms with Crippen LogP contribution in [0.5, 0.6) is 0 Å². The van der Waals surface area contributed by atoms with Gasteiger partial charge in [0.15, 0.2) is 5.78 Å². The molecule has 80 heavy (non-hydrogen) atoms. The Morgan fingerprint density at radius 2 is 0.688 bits per heavy atom. The zero-order chi connectivity index (χ0) is 56.6. The molecule has 0 spiro atoms. The van der Waals surface area contributed by atoms with Crippen LogP contribution in [0.4, 0.5) is 22.7 Å². The Hall–Kier alpha value is -8.45. The van der Waals surface area contributed by atoms with E-state index in [2.05, 4.69) is 41.5 Å². The largest absolute Gasteiger partial charge is 0.289 e. The maximum absolute atomic E-state index is 14.0. The van der Waals surface area contributed by atoms with Crippen LogP contribution in [0.3, 0.4) is 0 Å². The number of benzene rings is 6. The van der Waals surface area contributed by atoms with Gasteiger partial charge in [-0.1, -0.05) is 102 Å². The fourth-order valence-corrected chi connectivity index (χ4v) is 14.2. The summed E-state index contributed by atoms with van der Waals surface area (Å²) in [6.07, 6.45) is 2.42. The van der Waals surface area contributed by atoms with Crippen molar-refractivity contribution in [2.75, 3.05) is 19.6 Å². The van der Waals surface area contributed by atoms with Gasteiger partial charge in [0, 0.05) is 11.1 Å². The maximum Gasteiger partial charge on any atom is 0.266 e. The fraction of sp³-hybridized carbons (Fsp3) is 0.328. The van der Waals surface area contributed by atoms with Gasteiger partial charge in [0.1, 0.15) is 0 Å². The fourth-order valence-electron chi connectivity index (χ4n) is 14.2. The molecule has 8 amide bonds. The second-order valence-electron chi connectivity index (χ2n) is 24.1. The lowest BCUT2D eigenvalue weighted by Gasteiger charge is -2.45. The van der Waals surface area contributed by atoms with E-state index < -0.39 is 40.2 Å². The number of amides is 8.